The lowest BCUT2D eigenvalue weighted by atomic mass is 9.96. The highest BCUT2D eigenvalue weighted by atomic mass is 35.5. The summed E-state index contributed by atoms with van der Waals surface area (Å²) in [6.45, 7) is 6.42. The fourth-order valence-corrected chi connectivity index (χ4v) is 3.35. The molecule has 1 fully saturated rings. The van der Waals surface area contributed by atoms with Gasteiger partial charge in [-0.05, 0) is 56.5 Å². The van der Waals surface area contributed by atoms with Gasteiger partial charge in [-0.15, -0.1) is 12.4 Å². The van der Waals surface area contributed by atoms with Crippen LogP contribution in [0, 0.1) is 5.92 Å². The highest BCUT2D eigenvalue weighted by molar-refractivity contribution is 6.35. The Labute approximate surface area is 166 Å². The third-order valence-corrected chi connectivity index (χ3v) is 4.87. The zero-order valence-electron chi connectivity index (χ0n) is 14.6. The Morgan fingerprint density at radius 1 is 1.32 bits per heavy atom. The average molecular weight is 410 g/mol. The second kappa shape index (κ2) is 11.8. The van der Waals surface area contributed by atoms with Crippen molar-refractivity contribution in [2.24, 2.45) is 5.92 Å². The monoisotopic (exact) mass is 408 g/mol. The number of carbonyl (C=O) groups excluding carboxylic acids is 1. The van der Waals surface area contributed by atoms with Crippen molar-refractivity contribution in [3.05, 3.63) is 28.2 Å². The van der Waals surface area contributed by atoms with Gasteiger partial charge in [-0.1, -0.05) is 30.1 Å². The predicted octanol–water partition coefficient (Wildman–Crippen LogP) is 4.42. The van der Waals surface area contributed by atoms with E-state index in [1.807, 2.05) is 4.90 Å². The maximum atomic E-state index is 12.3. The van der Waals surface area contributed by atoms with Crippen LogP contribution < -0.4 is 10.1 Å². The fraction of sp³-hybridized carbons (Fsp3) is 0.611. The van der Waals surface area contributed by atoms with Gasteiger partial charge in [-0.3, -0.25) is 4.79 Å². The molecule has 0 radical (unpaired) electrons. The smallest absolute Gasteiger partial charge is 0.222 e. The van der Waals surface area contributed by atoms with Gasteiger partial charge in [-0.25, -0.2) is 0 Å². The van der Waals surface area contributed by atoms with Crippen LogP contribution in [0.4, 0.5) is 0 Å². The second-order valence-corrected chi connectivity index (χ2v) is 7.00. The van der Waals surface area contributed by atoms with Gasteiger partial charge in [0, 0.05) is 24.5 Å². The van der Waals surface area contributed by atoms with E-state index in [1.54, 1.807) is 18.2 Å². The lowest BCUT2D eigenvalue weighted by Gasteiger charge is -2.32. The van der Waals surface area contributed by atoms with Crippen molar-refractivity contribution in [2.75, 3.05) is 32.8 Å². The summed E-state index contributed by atoms with van der Waals surface area (Å²) < 4.78 is 5.62. The van der Waals surface area contributed by atoms with Gasteiger partial charge >= 0.3 is 0 Å². The molecular weight excluding hydrogens is 383 g/mol. The standard InChI is InChI=1S/C18H26Cl2N2O2.ClH/c1-2-21-13-14-7-9-22(10-8-14)18(23)4-3-11-24-17-6-5-15(19)12-16(17)20;/h5-6,12,14,21H,2-4,7-11,13H2,1H3;1H. The van der Waals surface area contributed by atoms with Crippen molar-refractivity contribution in [2.45, 2.75) is 32.6 Å². The zero-order valence-corrected chi connectivity index (χ0v) is 16.9. The number of nitrogens with one attached hydrogen (secondary N) is 1. The lowest BCUT2D eigenvalue weighted by molar-refractivity contribution is -0.132. The first-order valence-electron chi connectivity index (χ1n) is 8.66. The summed E-state index contributed by atoms with van der Waals surface area (Å²) in [7, 11) is 0. The van der Waals surface area contributed by atoms with Crippen molar-refractivity contribution in [1.29, 1.82) is 0 Å². The number of amides is 1. The second-order valence-electron chi connectivity index (χ2n) is 6.16. The van der Waals surface area contributed by atoms with E-state index in [0.29, 0.717) is 41.2 Å². The average Bonchev–Trinajstić information content (AvgIpc) is 2.58. The number of likely N-dealkylation sites (tertiary alicyclic amines) is 1. The Morgan fingerprint density at radius 3 is 2.68 bits per heavy atom. The third kappa shape index (κ3) is 7.61. The molecule has 1 aromatic carbocycles. The molecule has 7 heteroatoms. The summed E-state index contributed by atoms with van der Waals surface area (Å²) in [6.07, 6.45) is 3.39. The van der Waals surface area contributed by atoms with Crippen molar-refractivity contribution in [3.8, 4) is 5.75 Å². The van der Waals surface area contributed by atoms with Crippen LogP contribution in [0.3, 0.4) is 0 Å². The van der Waals surface area contributed by atoms with E-state index in [1.165, 1.54) is 0 Å². The van der Waals surface area contributed by atoms with E-state index >= 15 is 0 Å². The number of nitrogens with zero attached hydrogens (tertiary/aromatic N) is 1. The number of halogens is 3. The number of carbonyl (C=O) groups is 1. The van der Waals surface area contributed by atoms with Crippen molar-refractivity contribution >= 4 is 41.5 Å². The van der Waals surface area contributed by atoms with E-state index in [2.05, 4.69) is 12.2 Å². The molecule has 1 amide bonds. The number of benzene rings is 1. The van der Waals surface area contributed by atoms with Crippen LogP contribution in [0.1, 0.15) is 32.6 Å². The number of ether oxygens (including phenoxy) is 1. The van der Waals surface area contributed by atoms with Crippen LogP contribution in [-0.4, -0.2) is 43.6 Å². The van der Waals surface area contributed by atoms with Crippen molar-refractivity contribution < 1.29 is 9.53 Å². The van der Waals surface area contributed by atoms with E-state index < -0.39 is 0 Å². The highest BCUT2D eigenvalue weighted by Gasteiger charge is 2.22. The van der Waals surface area contributed by atoms with E-state index in [9.17, 15) is 4.79 Å². The van der Waals surface area contributed by atoms with Gasteiger partial charge in [0.05, 0.1) is 11.6 Å². The topological polar surface area (TPSA) is 41.6 Å². The van der Waals surface area contributed by atoms with Crippen LogP contribution in [0.15, 0.2) is 18.2 Å². The van der Waals surface area contributed by atoms with Gasteiger partial charge in [-0.2, -0.15) is 0 Å². The number of rotatable bonds is 8. The summed E-state index contributed by atoms with van der Waals surface area (Å²) >= 11 is 11.9. The molecule has 1 aromatic rings. The van der Waals surface area contributed by atoms with Crippen LogP contribution in [0.5, 0.6) is 5.75 Å². The minimum atomic E-state index is 0. The highest BCUT2D eigenvalue weighted by Crippen LogP contribution is 2.27. The lowest BCUT2D eigenvalue weighted by Crippen LogP contribution is -2.40. The number of hydrogen-bond acceptors (Lipinski definition) is 3. The number of hydrogen-bond donors (Lipinski definition) is 1. The molecular formula is C18H27Cl3N2O2. The maximum Gasteiger partial charge on any atom is 0.222 e. The largest absolute Gasteiger partial charge is 0.492 e. The first kappa shape index (κ1) is 22.4. The van der Waals surface area contributed by atoms with Crippen molar-refractivity contribution in [3.63, 3.8) is 0 Å². The van der Waals surface area contributed by atoms with Gasteiger partial charge in [0.2, 0.25) is 5.91 Å². The summed E-state index contributed by atoms with van der Waals surface area (Å²) in [5.41, 5.74) is 0. The molecule has 142 valence electrons. The molecule has 1 saturated heterocycles. The van der Waals surface area contributed by atoms with Crippen molar-refractivity contribution in [1.82, 2.24) is 10.2 Å². The predicted molar refractivity (Wildman–Crippen MR) is 106 cm³/mol. The van der Waals surface area contributed by atoms with Gasteiger partial charge in [0.25, 0.3) is 0 Å². The minimum Gasteiger partial charge on any atom is -0.492 e. The summed E-state index contributed by atoms with van der Waals surface area (Å²) in [6, 6.07) is 5.15. The molecule has 1 aliphatic rings. The van der Waals surface area contributed by atoms with Crippen LogP contribution in [0.2, 0.25) is 10.0 Å². The molecule has 0 unspecified atom stereocenters. The molecule has 2 rings (SSSR count). The molecule has 0 atom stereocenters. The number of piperidine rings is 1. The molecule has 4 nitrogen and oxygen atoms in total. The SMILES string of the molecule is CCNCC1CCN(C(=O)CCCOc2ccc(Cl)cc2Cl)CC1.Cl. The normalized spacial score (nSPS) is 14.9. The molecule has 0 saturated carbocycles. The molecule has 0 spiro atoms. The molecule has 1 N–H and O–H groups in total. The molecule has 0 bridgehead atoms. The first-order chi connectivity index (χ1) is 11.6. The van der Waals surface area contributed by atoms with Gasteiger partial charge < -0.3 is 15.0 Å². The summed E-state index contributed by atoms with van der Waals surface area (Å²) in [4.78, 5) is 14.2. The van der Waals surface area contributed by atoms with E-state index in [4.69, 9.17) is 27.9 Å². The fourth-order valence-electron chi connectivity index (χ4n) is 2.89. The molecule has 0 aliphatic carbocycles. The zero-order chi connectivity index (χ0) is 17.4. The molecule has 25 heavy (non-hydrogen) atoms. The molecule has 0 aromatic heterocycles. The van der Waals surface area contributed by atoms with Crippen LogP contribution in [0.25, 0.3) is 0 Å². The van der Waals surface area contributed by atoms with Gasteiger partial charge in [0.15, 0.2) is 0 Å². The first-order valence-corrected chi connectivity index (χ1v) is 9.42. The van der Waals surface area contributed by atoms with Crippen LogP contribution >= 0.6 is 35.6 Å². The Bertz CT molecular complexity index is 535. The molecule has 1 aliphatic heterocycles. The Kier molecular flexibility index (Phi) is 10.6. The Morgan fingerprint density at radius 2 is 2.04 bits per heavy atom. The van der Waals surface area contributed by atoms with E-state index in [0.717, 1.165) is 39.0 Å². The van der Waals surface area contributed by atoms with Gasteiger partial charge in [0.1, 0.15) is 5.75 Å². The maximum absolute atomic E-state index is 12.3. The molecule has 1 heterocycles. The summed E-state index contributed by atoms with van der Waals surface area (Å²) in [5.74, 6) is 1.53. The Hall–Kier alpha value is -0.680. The summed E-state index contributed by atoms with van der Waals surface area (Å²) in [5, 5.41) is 4.47. The Balaban J connectivity index is 0.00000312. The minimum absolute atomic E-state index is 0. The van der Waals surface area contributed by atoms with E-state index in [-0.39, 0.29) is 18.3 Å². The third-order valence-electron chi connectivity index (χ3n) is 4.34. The van der Waals surface area contributed by atoms with Crippen LogP contribution in [-0.2, 0) is 4.79 Å². The quantitative estimate of drug-likeness (QED) is 0.646.